The van der Waals surface area contributed by atoms with Crippen molar-refractivity contribution in [2.45, 2.75) is 52.0 Å². The van der Waals surface area contributed by atoms with Crippen molar-refractivity contribution >= 4 is 11.9 Å². The first-order chi connectivity index (χ1) is 12.9. The molecule has 6 heteroatoms. The summed E-state index contributed by atoms with van der Waals surface area (Å²) in [6.07, 6.45) is 3.51. The van der Waals surface area contributed by atoms with Gasteiger partial charge in [0.15, 0.2) is 0 Å². The lowest BCUT2D eigenvalue weighted by Gasteiger charge is -2.16. The maximum absolute atomic E-state index is 13.6. The van der Waals surface area contributed by atoms with Crippen LogP contribution in [-0.2, 0) is 4.79 Å². The quantitative estimate of drug-likeness (QED) is 0.797. The largest absolute Gasteiger partial charge is 0.481 e. The summed E-state index contributed by atoms with van der Waals surface area (Å²) in [5, 5.41) is 12.2. The minimum atomic E-state index is -0.749. The summed E-state index contributed by atoms with van der Waals surface area (Å²) in [5.41, 5.74) is 2.86. The SMILES string of the molecule is Cc1cc(C(=O)NC2CCCC(C(=O)O)CC2)c(C)n1-c1cccc(F)c1. The van der Waals surface area contributed by atoms with Crippen LogP contribution in [0.4, 0.5) is 4.39 Å². The summed E-state index contributed by atoms with van der Waals surface area (Å²) < 4.78 is 15.4. The van der Waals surface area contributed by atoms with Crippen molar-refractivity contribution in [2.24, 2.45) is 5.92 Å². The highest BCUT2D eigenvalue weighted by molar-refractivity contribution is 5.96. The standard InChI is InChI=1S/C21H25FN2O3/c1-13-11-19(14(2)24(13)18-8-4-6-16(22)12-18)20(25)23-17-7-3-5-15(9-10-17)21(26)27/h4,6,8,11-12,15,17H,3,5,7,9-10H2,1-2H3,(H,23,25)(H,26,27). The molecular weight excluding hydrogens is 347 g/mol. The Balaban J connectivity index is 1.76. The first kappa shape index (κ1) is 19.1. The number of aromatic nitrogens is 1. The smallest absolute Gasteiger partial charge is 0.306 e. The Morgan fingerprint density at radius 2 is 1.93 bits per heavy atom. The number of carboxylic acid groups (broad SMARTS) is 1. The van der Waals surface area contributed by atoms with Crippen LogP contribution in [0.5, 0.6) is 0 Å². The Kier molecular flexibility index (Phi) is 5.63. The maximum atomic E-state index is 13.6. The van der Waals surface area contributed by atoms with Crippen LogP contribution in [0.25, 0.3) is 5.69 Å². The minimum absolute atomic E-state index is 0.0147. The normalized spacial score (nSPS) is 20.1. The number of hydrogen-bond donors (Lipinski definition) is 2. The molecule has 1 aromatic heterocycles. The van der Waals surface area contributed by atoms with E-state index in [1.807, 2.05) is 30.5 Å². The number of aryl methyl sites for hydroxylation is 1. The number of carbonyl (C=O) groups is 2. The van der Waals surface area contributed by atoms with E-state index < -0.39 is 5.97 Å². The number of nitrogens with one attached hydrogen (secondary N) is 1. The minimum Gasteiger partial charge on any atom is -0.481 e. The monoisotopic (exact) mass is 372 g/mol. The van der Waals surface area contributed by atoms with Crippen molar-refractivity contribution in [2.75, 3.05) is 0 Å². The lowest BCUT2D eigenvalue weighted by molar-refractivity contribution is -0.142. The Morgan fingerprint density at radius 1 is 1.15 bits per heavy atom. The van der Waals surface area contributed by atoms with Crippen LogP contribution in [0, 0.1) is 25.6 Å². The highest BCUT2D eigenvalue weighted by atomic mass is 19.1. The molecule has 2 N–H and O–H groups in total. The van der Waals surface area contributed by atoms with Crippen LogP contribution in [0.1, 0.15) is 53.8 Å². The first-order valence-corrected chi connectivity index (χ1v) is 9.35. The molecule has 2 aromatic rings. The van der Waals surface area contributed by atoms with E-state index in [-0.39, 0.29) is 23.7 Å². The molecule has 1 aliphatic rings. The summed E-state index contributed by atoms with van der Waals surface area (Å²) in [5.74, 6) is -1.55. The molecule has 1 fully saturated rings. The Bertz CT molecular complexity index is 859. The van der Waals surface area contributed by atoms with Gasteiger partial charge >= 0.3 is 5.97 Å². The van der Waals surface area contributed by atoms with Crippen molar-refractivity contribution in [3.8, 4) is 5.69 Å². The van der Waals surface area contributed by atoms with E-state index in [1.54, 1.807) is 6.07 Å². The summed E-state index contributed by atoms with van der Waals surface area (Å²) in [7, 11) is 0. The van der Waals surface area contributed by atoms with Gasteiger partial charge in [-0.15, -0.1) is 0 Å². The molecule has 2 unspecified atom stereocenters. The van der Waals surface area contributed by atoms with Crippen molar-refractivity contribution in [1.29, 1.82) is 0 Å². The van der Waals surface area contributed by atoms with Gasteiger partial charge < -0.3 is 15.0 Å². The van der Waals surface area contributed by atoms with Crippen LogP contribution in [-0.4, -0.2) is 27.6 Å². The van der Waals surface area contributed by atoms with Crippen LogP contribution in [0.15, 0.2) is 30.3 Å². The molecular formula is C21H25FN2O3. The van der Waals surface area contributed by atoms with Crippen molar-refractivity contribution in [1.82, 2.24) is 9.88 Å². The fourth-order valence-electron chi connectivity index (χ4n) is 3.96. The summed E-state index contributed by atoms with van der Waals surface area (Å²) in [4.78, 5) is 24.0. The maximum Gasteiger partial charge on any atom is 0.306 e. The number of carbonyl (C=O) groups excluding carboxylic acids is 1. The molecule has 0 aliphatic heterocycles. The molecule has 1 aliphatic carbocycles. The van der Waals surface area contributed by atoms with E-state index in [0.717, 1.165) is 24.2 Å². The lowest BCUT2D eigenvalue weighted by atomic mass is 10.0. The van der Waals surface area contributed by atoms with E-state index in [4.69, 9.17) is 0 Å². The molecule has 5 nitrogen and oxygen atoms in total. The van der Waals surface area contributed by atoms with Gasteiger partial charge in [-0.25, -0.2) is 4.39 Å². The Hall–Kier alpha value is -2.63. The molecule has 1 heterocycles. The molecule has 1 saturated carbocycles. The third-order valence-corrected chi connectivity index (χ3v) is 5.40. The summed E-state index contributed by atoms with van der Waals surface area (Å²) >= 11 is 0. The average Bonchev–Trinajstić information content (AvgIpc) is 2.78. The topological polar surface area (TPSA) is 71.3 Å². The number of rotatable bonds is 4. The second-order valence-corrected chi connectivity index (χ2v) is 7.31. The zero-order valence-electron chi connectivity index (χ0n) is 15.7. The average molecular weight is 372 g/mol. The molecule has 0 radical (unpaired) electrons. The second-order valence-electron chi connectivity index (χ2n) is 7.31. The number of amides is 1. The molecule has 3 rings (SSSR count). The number of carboxylic acids is 1. The number of halogens is 1. The number of aliphatic carboxylic acids is 1. The van der Waals surface area contributed by atoms with Crippen LogP contribution >= 0.6 is 0 Å². The highest BCUT2D eigenvalue weighted by Crippen LogP contribution is 2.25. The zero-order chi connectivity index (χ0) is 19.6. The van der Waals surface area contributed by atoms with Gasteiger partial charge in [-0.2, -0.15) is 0 Å². The number of benzene rings is 1. The van der Waals surface area contributed by atoms with E-state index >= 15 is 0 Å². The second kappa shape index (κ2) is 7.94. The van der Waals surface area contributed by atoms with Crippen molar-refractivity contribution in [3.63, 3.8) is 0 Å². The third kappa shape index (κ3) is 4.21. The highest BCUT2D eigenvalue weighted by Gasteiger charge is 2.25. The third-order valence-electron chi connectivity index (χ3n) is 5.40. The molecule has 27 heavy (non-hydrogen) atoms. The van der Waals surface area contributed by atoms with Gasteiger partial charge in [0, 0.05) is 23.1 Å². The van der Waals surface area contributed by atoms with Gasteiger partial charge in [-0.05, 0) is 63.8 Å². The summed E-state index contributed by atoms with van der Waals surface area (Å²) in [6.45, 7) is 3.73. The van der Waals surface area contributed by atoms with Gasteiger partial charge in [-0.1, -0.05) is 12.5 Å². The first-order valence-electron chi connectivity index (χ1n) is 9.35. The van der Waals surface area contributed by atoms with Gasteiger partial charge in [0.25, 0.3) is 5.91 Å². The van der Waals surface area contributed by atoms with E-state index in [2.05, 4.69) is 5.32 Å². The predicted molar refractivity (Wildman–Crippen MR) is 101 cm³/mol. The zero-order valence-corrected chi connectivity index (χ0v) is 15.7. The molecule has 0 bridgehead atoms. The number of hydrogen-bond acceptors (Lipinski definition) is 2. The fraction of sp³-hybridized carbons (Fsp3) is 0.429. The van der Waals surface area contributed by atoms with Crippen molar-refractivity contribution in [3.05, 3.63) is 53.1 Å². The molecule has 144 valence electrons. The predicted octanol–water partition coefficient (Wildman–Crippen LogP) is 4.00. The van der Waals surface area contributed by atoms with Crippen molar-refractivity contribution < 1.29 is 19.1 Å². The summed E-state index contributed by atoms with van der Waals surface area (Å²) in [6, 6.07) is 8.09. The van der Waals surface area contributed by atoms with E-state index in [1.165, 1.54) is 12.1 Å². The van der Waals surface area contributed by atoms with E-state index in [9.17, 15) is 19.1 Å². The Morgan fingerprint density at radius 3 is 2.63 bits per heavy atom. The Labute approximate surface area is 158 Å². The van der Waals surface area contributed by atoms with Gasteiger partial charge in [0.05, 0.1) is 11.5 Å². The molecule has 0 saturated heterocycles. The van der Waals surface area contributed by atoms with E-state index in [0.29, 0.717) is 30.5 Å². The van der Waals surface area contributed by atoms with Gasteiger partial charge in [-0.3, -0.25) is 9.59 Å². The van der Waals surface area contributed by atoms with Crippen LogP contribution in [0.3, 0.4) is 0 Å². The molecule has 1 aromatic carbocycles. The van der Waals surface area contributed by atoms with Crippen LogP contribution in [0.2, 0.25) is 0 Å². The molecule has 0 spiro atoms. The van der Waals surface area contributed by atoms with Gasteiger partial charge in [0.2, 0.25) is 0 Å². The molecule has 1 amide bonds. The number of nitrogens with zero attached hydrogens (tertiary/aromatic N) is 1. The molecule has 2 atom stereocenters. The lowest BCUT2D eigenvalue weighted by Crippen LogP contribution is -2.34. The van der Waals surface area contributed by atoms with Crippen LogP contribution < -0.4 is 5.32 Å². The van der Waals surface area contributed by atoms with Gasteiger partial charge in [0.1, 0.15) is 5.82 Å². The fourth-order valence-corrected chi connectivity index (χ4v) is 3.96.